The molecule has 0 amide bonds. The van der Waals surface area contributed by atoms with Crippen molar-refractivity contribution in [2.45, 2.75) is 25.9 Å². The van der Waals surface area contributed by atoms with Crippen molar-refractivity contribution >= 4 is 15.9 Å². The Kier molecular flexibility index (Phi) is 4.57. The van der Waals surface area contributed by atoms with Crippen LogP contribution >= 0.6 is 15.9 Å². The lowest BCUT2D eigenvalue weighted by atomic mass is 9.92. The van der Waals surface area contributed by atoms with Crippen molar-refractivity contribution < 1.29 is 4.74 Å². The Balaban J connectivity index is 1.36. The molecule has 2 unspecified atom stereocenters. The van der Waals surface area contributed by atoms with Crippen molar-refractivity contribution in [3.05, 3.63) is 34.3 Å². The quantitative estimate of drug-likeness (QED) is 0.893. The molecular formula is C16H22BrNO. The van der Waals surface area contributed by atoms with E-state index >= 15 is 0 Å². The first kappa shape index (κ1) is 13.6. The van der Waals surface area contributed by atoms with Gasteiger partial charge in [0.1, 0.15) is 0 Å². The second kappa shape index (κ2) is 6.38. The summed E-state index contributed by atoms with van der Waals surface area (Å²) in [5.74, 6) is 2.74. The van der Waals surface area contributed by atoms with E-state index in [1.54, 1.807) is 0 Å². The van der Waals surface area contributed by atoms with Crippen LogP contribution in [-0.4, -0.2) is 19.7 Å². The Hall–Kier alpha value is -0.380. The molecular weight excluding hydrogens is 302 g/mol. The lowest BCUT2D eigenvalue weighted by Crippen LogP contribution is -2.29. The third-order valence-electron chi connectivity index (χ3n) is 4.48. The van der Waals surface area contributed by atoms with Gasteiger partial charge in [-0.05, 0) is 67.8 Å². The van der Waals surface area contributed by atoms with Crippen LogP contribution in [0.2, 0.25) is 0 Å². The SMILES string of the molecule is Brc1ccc(COCC2CC2C2CCNCC2)cc1. The van der Waals surface area contributed by atoms with Crippen LogP contribution in [0.5, 0.6) is 0 Å². The smallest absolute Gasteiger partial charge is 0.0717 e. The summed E-state index contributed by atoms with van der Waals surface area (Å²) in [6.45, 7) is 4.13. The molecule has 1 N–H and O–H groups in total. The van der Waals surface area contributed by atoms with E-state index < -0.39 is 0 Å². The molecule has 2 aliphatic rings. The summed E-state index contributed by atoms with van der Waals surface area (Å²) in [7, 11) is 0. The average molecular weight is 324 g/mol. The summed E-state index contributed by atoms with van der Waals surface area (Å²) in [5.41, 5.74) is 1.27. The van der Waals surface area contributed by atoms with E-state index in [0.717, 1.165) is 35.4 Å². The third-order valence-corrected chi connectivity index (χ3v) is 5.01. The van der Waals surface area contributed by atoms with Gasteiger partial charge in [-0.15, -0.1) is 0 Å². The Labute approximate surface area is 124 Å². The minimum Gasteiger partial charge on any atom is -0.376 e. The number of benzene rings is 1. The molecule has 1 saturated heterocycles. The first-order valence-corrected chi connectivity index (χ1v) is 8.15. The highest BCUT2D eigenvalue weighted by atomic mass is 79.9. The number of hydrogen-bond acceptors (Lipinski definition) is 2. The molecule has 1 aromatic rings. The molecule has 104 valence electrons. The summed E-state index contributed by atoms with van der Waals surface area (Å²) >= 11 is 3.45. The summed E-state index contributed by atoms with van der Waals surface area (Å²) in [6.07, 6.45) is 4.13. The van der Waals surface area contributed by atoms with Gasteiger partial charge in [0.05, 0.1) is 13.2 Å². The van der Waals surface area contributed by atoms with Crippen LogP contribution in [0.1, 0.15) is 24.8 Å². The monoisotopic (exact) mass is 323 g/mol. The first-order valence-electron chi connectivity index (χ1n) is 7.36. The van der Waals surface area contributed by atoms with Gasteiger partial charge in [0.2, 0.25) is 0 Å². The maximum absolute atomic E-state index is 5.87. The normalized spacial score (nSPS) is 27.4. The molecule has 3 rings (SSSR count). The fourth-order valence-electron chi connectivity index (χ4n) is 3.22. The maximum atomic E-state index is 5.87. The molecule has 3 heteroatoms. The summed E-state index contributed by atoms with van der Waals surface area (Å²) in [5, 5.41) is 3.45. The predicted molar refractivity (Wildman–Crippen MR) is 81.0 cm³/mol. The van der Waals surface area contributed by atoms with Gasteiger partial charge in [-0.25, -0.2) is 0 Å². The lowest BCUT2D eigenvalue weighted by Gasteiger charge is -2.22. The fraction of sp³-hybridized carbons (Fsp3) is 0.625. The average Bonchev–Trinajstić information content (AvgIpc) is 3.22. The van der Waals surface area contributed by atoms with Crippen LogP contribution in [-0.2, 0) is 11.3 Å². The summed E-state index contributed by atoms with van der Waals surface area (Å²) < 4.78 is 7.00. The van der Waals surface area contributed by atoms with Crippen molar-refractivity contribution in [3.63, 3.8) is 0 Å². The molecule has 1 aliphatic heterocycles. The van der Waals surface area contributed by atoms with Gasteiger partial charge in [-0.2, -0.15) is 0 Å². The zero-order valence-corrected chi connectivity index (χ0v) is 12.9. The molecule has 1 saturated carbocycles. The van der Waals surface area contributed by atoms with E-state index in [1.807, 2.05) is 0 Å². The highest BCUT2D eigenvalue weighted by Crippen LogP contribution is 2.47. The number of ether oxygens (including phenoxy) is 1. The van der Waals surface area contributed by atoms with Crippen molar-refractivity contribution in [1.82, 2.24) is 5.32 Å². The Bertz CT molecular complexity index is 400. The van der Waals surface area contributed by atoms with Gasteiger partial charge in [0.15, 0.2) is 0 Å². The van der Waals surface area contributed by atoms with Crippen LogP contribution in [0.15, 0.2) is 28.7 Å². The van der Waals surface area contributed by atoms with E-state index in [1.165, 1.54) is 37.9 Å². The minimum absolute atomic E-state index is 0.753. The van der Waals surface area contributed by atoms with E-state index in [4.69, 9.17) is 4.74 Å². The van der Waals surface area contributed by atoms with Gasteiger partial charge in [-0.3, -0.25) is 0 Å². The lowest BCUT2D eigenvalue weighted by molar-refractivity contribution is 0.104. The van der Waals surface area contributed by atoms with Crippen molar-refractivity contribution in [2.24, 2.45) is 17.8 Å². The molecule has 1 aromatic carbocycles. The third kappa shape index (κ3) is 3.80. The topological polar surface area (TPSA) is 21.3 Å². The molecule has 0 aromatic heterocycles. The number of rotatable bonds is 5. The Morgan fingerprint density at radius 2 is 1.89 bits per heavy atom. The van der Waals surface area contributed by atoms with E-state index in [-0.39, 0.29) is 0 Å². The van der Waals surface area contributed by atoms with Crippen molar-refractivity contribution in [3.8, 4) is 0 Å². The predicted octanol–water partition coefficient (Wildman–Crippen LogP) is 3.60. The fourth-order valence-corrected chi connectivity index (χ4v) is 3.49. The molecule has 0 bridgehead atoms. The Morgan fingerprint density at radius 3 is 2.63 bits per heavy atom. The number of hydrogen-bond donors (Lipinski definition) is 1. The largest absolute Gasteiger partial charge is 0.376 e. The van der Waals surface area contributed by atoms with Gasteiger partial charge in [-0.1, -0.05) is 28.1 Å². The molecule has 2 fully saturated rings. The van der Waals surface area contributed by atoms with Crippen LogP contribution in [0, 0.1) is 17.8 Å². The van der Waals surface area contributed by atoms with E-state index in [0.29, 0.717) is 0 Å². The minimum atomic E-state index is 0.753. The molecule has 0 spiro atoms. The van der Waals surface area contributed by atoms with Gasteiger partial charge < -0.3 is 10.1 Å². The van der Waals surface area contributed by atoms with Crippen molar-refractivity contribution in [2.75, 3.05) is 19.7 Å². The highest BCUT2D eigenvalue weighted by molar-refractivity contribution is 9.10. The van der Waals surface area contributed by atoms with Crippen LogP contribution in [0.4, 0.5) is 0 Å². The molecule has 19 heavy (non-hydrogen) atoms. The zero-order valence-electron chi connectivity index (χ0n) is 11.3. The first-order chi connectivity index (χ1) is 9.33. The number of piperidine rings is 1. The number of nitrogens with one attached hydrogen (secondary N) is 1. The molecule has 1 aliphatic carbocycles. The summed E-state index contributed by atoms with van der Waals surface area (Å²) in [6, 6.07) is 8.41. The Morgan fingerprint density at radius 1 is 1.16 bits per heavy atom. The second-order valence-electron chi connectivity index (χ2n) is 5.89. The van der Waals surface area contributed by atoms with Gasteiger partial charge >= 0.3 is 0 Å². The van der Waals surface area contributed by atoms with Crippen molar-refractivity contribution in [1.29, 1.82) is 0 Å². The highest BCUT2D eigenvalue weighted by Gasteiger charge is 2.42. The molecule has 0 radical (unpaired) electrons. The number of halogens is 1. The van der Waals surface area contributed by atoms with Gasteiger partial charge in [0, 0.05) is 4.47 Å². The second-order valence-corrected chi connectivity index (χ2v) is 6.80. The summed E-state index contributed by atoms with van der Waals surface area (Å²) in [4.78, 5) is 0. The van der Waals surface area contributed by atoms with Crippen LogP contribution < -0.4 is 5.32 Å². The maximum Gasteiger partial charge on any atom is 0.0717 e. The molecule has 2 nitrogen and oxygen atoms in total. The van der Waals surface area contributed by atoms with E-state index in [9.17, 15) is 0 Å². The van der Waals surface area contributed by atoms with Crippen LogP contribution in [0.3, 0.4) is 0 Å². The molecule has 1 heterocycles. The van der Waals surface area contributed by atoms with Gasteiger partial charge in [0.25, 0.3) is 0 Å². The zero-order chi connectivity index (χ0) is 13.1. The van der Waals surface area contributed by atoms with E-state index in [2.05, 4.69) is 45.5 Å². The molecule has 2 atom stereocenters. The standard InChI is InChI=1S/C16H22BrNO/c17-15-3-1-12(2-4-15)10-19-11-14-9-16(14)13-5-7-18-8-6-13/h1-4,13-14,16,18H,5-11H2. The van der Waals surface area contributed by atoms with Crippen LogP contribution in [0.25, 0.3) is 0 Å².